The van der Waals surface area contributed by atoms with Crippen LogP contribution in [0.2, 0.25) is 0 Å². The lowest BCUT2D eigenvalue weighted by molar-refractivity contribution is -0.139. The van der Waals surface area contributed by atoms with Crippen LogP contribution in [0, 0.1) is 5.92 Å². The van der Waals surface area contributed by atoms with Crippen LogP contribution in [0.5, 0.6) is 0 Å². The Hall–Kier alpha value is -0.680. The molecule has 0 spiro atoms. The summed E-state index contributed by atoms with van der Waals surface area (Å²) in [6, 6.07) is 0. The molecule has 1 rings (SSSR count). The summed E-state index contributed by atoms with van der Waals surface area (Å²) in [7, 11) is 0. The largest absolute Gasteiger partial charge is 0.393 e. The number of hydrogen-bond acceptors (Lipinski definition) is 3. The summed E-state index contributed by atoms with van der Waals surface area (Å²) in [6.45, 7) is 4.64. The van der Waals surface area contributed by atoms with Crippen LogP contribution >= 0.6 is 12.2 Å². The molecule has 1 aliphatic rings. The van der Waals surface area contributed by atoms with Crippen molar-refractivity contribution in [1.82, 2.24) is 4.90 Å². The highest BCUT2D eigenvalue weighted by Crippen LogP contribution is 2.16. The Kier molecular flexibility index (Phi) is 5.69. The maximum absolute atomic E-state index is 12.1. The van der Waals surface area contributed by atoms with E-state index >= 15 is 0 Å². The predicted octanol–water partition coefficient (Wildman–Crippen LogP) is 0.938. The summed E-state index contributed by atoms with van der Waals surface area (Å²) < 4.78 is 5.33. The molecule has 16 heavy (non-hydrogen) atoms. The van der Waals surface area contributed by atoms with E-state index < -0.39 is 0 Å². The maximum Gasteiger partial charge on any atom is 0.228 e. The van der Waals surface area contributed by atoms with Crippen LogP contribution in [0.4, 0.5) is 0 Å². The molecule has 4 nitrogen and oxygen atoms in total. The average Bonchev–Trinajstić information content (AvgIpc) is 2.30. The monoisotopic (exact) mass is 244 g/mol. The van der Waals surface area contributed by atoms with Crippen LogP contribution in [-0.4, -0.2) is 42.1 Å². The van der Waals surface area contributed by atoms with Crippen LogP contribution in [0.25, 0.3) is 0 Å². The van der Waals surface area contributed by atoms with Gasteiger partial charge in [-0.2, -0.15) is 0 Å². The molecule has 1 unspecified atom stereocenters. The van der Waals surface area contributed by atoms with Gasteiger partial charge in [-0.05, 0) is 19.8 Å². The minimum absolute atomic E-state index is 0.0278. The molecule has 1 aliphatic heterocycles. The van der Waals surface area contributed by atoms with E-state index in [-0.39, 0.29) is 11.8 Å². The highest BCUT2D eigenvalue weighted by molar-refractivity contribution is 7.80. The Labute approximate surface area is 102 Å². The number of hydrogen-bond donors (Lipinski definition) is 1. The van der Waals surface area contributed by atoms with E-state index in [0.717, 1.165) is 19.4 Å². The summed E-state index contributed by atoms with van der Waals surface area (Å²) in [4.78, 5) is 14.4. The van der Waals surface area contributed by atoms with Crippen molar-refractivity contribution in [3.05, 3.63) is 0 Å². The van der Waals surface area contributed by atoms with Gasteiger partial charge >= 0.3 is 0 Å². The Morgan fingerprint density at radius 1 is 1.62 bits per heavy atom. The fourth-order valence-corrected chi connectivity index (χ4v) is 1.95. The number of thiocarbonyl (C=S) groups is 1. The molecule has 0 bridgehead atoms. The van der Waals surface area contributed by atoms with Gasteiger partial charge in [0.05, 0.1) is 17.5 Å². The average molecular weight is 244 g/mol. The molecular formula is C11H20N2O2S. The molecule has 0 radical (unpaired) electrons. The summed E-state index contributed by atoms with van der Waals surface area (Å²) in [6.07, 6.45) is 2.51. The second-order valence-corrected chi connectivity index (χ2v) is 4.57. The molecule has 92 valence electrons. The SMILES string of the molecule is CCN(CCC(N)=S)C(=O)C1CCCOC1. The third kappa shape index (κ3) is 4.06. The standard InChI is InChI=1S/C11H20N2O2S/c1-2-13(6-5-10(12)16)11(14)9-4-3-7-15-8-9/h9H,2-8H2,1H3,(H2,12,16). The highest BCUT2D eigenvalue weighted by Gasteiger charge is 2.25. The van der Waals surface area contributed by atoms with Gasteiger partial charge in [0.15, 0.2) is 0 Å². The van der Waals surface area contributed by atoms with Crippen molar-refractivity contribution in [2.45, 2.75) is 26.2 Å². The Balaban J connectivity index is 2.44. The van der Waals surface area contributed by atoms with Gasteiger partial charge in [0.2, 0.25) is 5.91 Å². The lowest BCUT2D eigenvalue weighted by Crippen LogP contribution is -2.40. The first-order valence-corrected chi connectivity index (χ1v) is 6.20. The molecular weight excluding hydrogens is 224 g/mol. The Morgan fingerprint density at radius 2 is 2.38 bits per heavy atom. The third-order valence-corrected chi connectivity index (χ3v) is 3.04. The second-order valence-electron chi connectivity index (χ2n) is 4.05. The van der Waals surface area contributed by atoms with Crippen molar-refractivity contribution in [2.75, 3.05) is 26.3 Å². The Morgan fingerprint density at radius 3 is 2.88 bits per heavy atom. The minimum Gasteiger partial charge on any atom is -0.393 e. The first kappa shape index (κ1) is 13.4. The normalized spacial score (nSPS) is 20.4. The van der Waals surface area contributed by atoms with Crippen molar-refractivity contribution in [3.8, 4) is 0 Å². The number of ether oxygens (including phenoxy) is 1. The molecule has 1 atom stereocenters. The molecule has 5 heteroatoms. The number of carbonyl (C=O) groups is 1. The zero-order valence-corrected chi connectivity index (χ0v) is 10.6. The number of rotatable bonds is 5. The molecule has 1 amide bonds. The molecule has 0 saturated carbocycles. The molecule has 1 saturated heterocycles. The lowest BCUT2D eigenvalue weighted by Gasteiger charge is -2.28. The lowest BCUT2D eigenvalue weighted by atomic mass is 10.0. The van der Waals surface area contributed by atoms with E-state index in [1.165, 1.54) is 0 Å². The smallest absolute Gasteiger partial charge is 0.228 e. The van der Waals surface area contributed by atoms with Crippen LogP contribution in [0.1, 0.15) is 26.2 Å². The molecule has 0 aromatic heterocycles. The maximum atomic E-state index is 12.1. The van der Waals surface area contributed by atoms with Crippen molar-refractivity contribution in [1.29, 1.82) is 0 Å². The molecule has 0 aromatic carbocycles. The van der Waals surface area contributed by atoms with E-state index in [4.69, 9.17) is 22.7 Å². The fraction of sp³-hybridized carbons (Fsp3) is 0.818. The quantitative estimate of drug-likeness (QED) is 0.731. The predicted molar refractivity (Wildman–Crippen MR) is 67.2 cm³/mol. The van der Waals surface area contributed by atoms with Gasteiger partial charge in [0.25, 0.3) is 0 Å². The second kappa shape index (κ2) is 6.81. The number of amides is 1. The van der Waals surface area contributed by atoms with Gasteiger partial charge in [0.1, 0.15) is 0 Å². The minimum atomic E-state index is 0.0278. The Bertz CT molecular complexity index is 252. The molecule has 0 aromatic rings. The fourth-order valence-electron chi connectivity index (χ4n) is 1.86. The summed E-state index contributed by atoms with van der Waals surface area (Å²) >= 11 is 4.82. The van der Waals surface area contributed by atoms with Crippen molar-refractivity contribution in [2.24, 2.45) is 11.7 Å². The molecule has 2 N–H and O–H groups in total. The van der Waals surface area contributed by atoms with Crippen LogP contribution in [0.3, 0.4) is 0 Å². The van der Waals surface area contributed by atoms with Gasteiger partial charge in [-0.3, -0.25) is 4.79 Å². The number of nitrogens with two attached hydrogens (primary N) is 1. The highest BCUT2D eigenvalue weighted by atomic mass is 32.1. The summed E-state index contributed by atoms with van der Waals surface area (Å²) in [5.74, 6) is 0.207. The van der Waals surface area contributed by atoms with Crippen molar-refractivity contribution >= 4 is 23.1 Å². The first-order valence-electron chi connectivity index (χ1n) is 5.80. The van der Waals surface area contributed by atoms with Gasteiger partial charge in [-0.15, -0.1) is 0 Å². The third-order valence-electron chi connectivity index (χ3n) is 2.83. The van der Waals surface area contributed by atoms with E-state index in [1.54, 1.807) is 0 Å². The van der Waals surface area contributed by atoms with Gasteiger partial charge in [-0.25, -0.2) is 0 Å². The van der Waals surface area contributed by atoms with E-state index in [1.807, 2.05) is 11.8 Å². The van der Waals surface area contributed by atoms with Crippen LogP contribution < -0.4 is 5.73 Å². The number of carbonyl (C=O) groups excluding carboxylic acids is 1. The van der Waals surface area contributed by atoms with E-state index in [0.29, 0.717) is 31.1 Å². The zero-order valence-electron chi connectivity index (χ0n) is 9.78. The van der Waals surface area contributed by atoms with Crippen LogP contribution in [0.15, 0.2) is 0 Å². The topological polar surface area (TPSA) is 55.6 Å². The molecule has 1 fully saturated rings. The summed E-state index contributed by atoms with van der Waals surface area (Å²) in [5, 5.41) is 0. The van der Waals surface area contributed by atoms with Gasteiger partial charge in [0, 0.05) is 26.1 Å². The summed E-state index contributed by atoms with van der Waals surface area (Å²) in [5.41, 5.74) is 5.44. The van der Waals surface area contributed by atoms with Gasteiger partial charge < -0.3 is 15.4 Å². The zero-order chi connectivity index (χ0) is 12.0. The molecule has 0 aliphatic carbocycles. The van der Waals surface area contributed by atoms with Gasteiger partial charge in [-0.1, -0.05) is 12.2 Å². The first-order chi connectivity index (χ1) is 7.65. The molecule has 1 heterocycles. The van der Waals surface area contributed by atoms with Crippen molar-refractivity contribution in [3.63, 3.8) is 0 Å². The van der Waals surface area contributed by atoms with E-state index in [2.05, 4.69) is 0 Å². The number of nitrogens with zero attached hydrogens (tertiary/aromatic N) is 1. The van der Waals surface area contributed by atoms with E-state index in [9.17, 15) is 4.79 Å². The van der Waals surface area contributed by atoms with Crippen LogP contribution in [-0.2, 0) is 9.53 Å². The van der Waals surface area contributed by atoms with Crippen molar-refractivity contribution < 1.29 is 9.53 Å².